The minimum absolute atomic E-state index is 0.175. The molecule has 3 aromatic carbocycles. The maximum atomic E-state index is 13.5. The predicted molar refractivity (Wildman–Crippen MR) is 157 cm³/mol. The van der Waals surface area contributed by atoms with E-state index in [0.717, 1.165) is 5.56 Å². The molecule has 0 aliphatic carbocycles. The zero-order chi connectivity index (χ0) is 29.9. The number of methoxy groups -OCH3 is 2. The second kappa shape index (κ2) is 11.4. The average Bonchev–Trinajstić information content (AvgIpc) is 3.57. The molecule has 0 aliphatic heterocycles. The number of benzene rings is 3. The quantitative estimate of drug-likeness (QED) is 0.188. The minimum Gasteiger partial charge on any atom is -0.480 e. The van der Waals surface area contributed by atoms with Gasteiger partial charge in [0.05, 0.1) is 36.6 Å². The highest BCUT2D eigenvalue weighted by molar-refractivity contribution is 6.08. The molecular weight excluding hydrogens is 555 g/mol. The van der Waals surface area contributed by atoms with Gasteiger partial charge in [-0.05, 0) is 64.5 Å². The Morgan fingerprint density at radius 1 is 0.884 bits per heavy atom. The molecule has 0 saturated carbocycles. The second-order valence-electron chi connectivity index (χ2n) is 9.23. The lowest BCUT2D eigenvalue weighted by atomic mass is 10.0. The van der Waals surface area contributed by atoms with Crippen molar-refractivity contribution >= 4 is 39.6 Å². The lowest BCUT2D eigenvalue weighted by Crippen LogP contribution is -2.14. The highest BCUT2D eigenvalue weighted by atomic mass is 19.1. The first kappa shape index (κ1) is 27.0. The number of tetrazole rings is 1. The smallest absolute Gasteiger partial charge is 0.319 e. The van der Waals surface area contributed by atoms with Gasteiger partial charge in [-0.25, -0.2) is 14.5 Å². The summed E-state index contributed by atoms with van der Waals surface area (Å²) in [6.45, 7) is 0. The van der Waals surface area contributed by atoms with Crippen LogP contribution in [0.3, 0.4) is 0 Å². The summed E-state index contributed by atoms with van der Waals surface area (Å²) in [6, 6.07) is 17.1. The van der Waals surface area contributed by atoms with Gasteiger partial charge in [-0.2, -0.15) is 4.98 Å². The van der Waals surface area contributed by atoms with E-state index in [0.29, 0.717) is 56.5 Å². The summed E-state index contributed by atoms with van der Waals surface area (Å²) in [6.07, 6.45) is 3.02. The lowest BCUT2D eigenvalue weighted by Gasteiger charge is -2.16. The second-order valence-corrected chi connectivity index (χ2v) is 9.23. The summed E-state index contributed by atoms with van der Waals surface area (Å²) >= 11 is 0. The molecule has 6 aromatic rings. The standard InChI is InChI=1S/C29H23FN10O3/c1-42-28-22(13-33-29(36-28)43-2)15-3-8-21-24(11-15)32-14-23(26(31)41)25(21)35-20-10-16(27-37-39-40-38-27)9-19(12-20)34-18-6-4-17(30)5-7-18/h3-14,34H,1-2H3,(H2,31,41)(H,32,35)(H,37,38,39,40). The van der Waals surface area contributed by atoms with Gasteiger partial charge in [0.25, 0.3) is 5.91 Å². The third-order valence-electron chi connectivity index (χ3n) is 6.51. The molecule has 13 nitrogen and oxygen atoms in total. The van der Waals surface area contributed by atoms with Crippen molar-refractivity contribution in [1.82, 2.24) is 35.6 Å². The van der Waals surface area contributed by atoms with Gasteiger partial charge in [-0.15, -0.1) is 5.10 Å². The number of hydrogen-bond acceptors (Lipinski definition) is 11. The molecule has 3 heterocycles. The fourth-order valence-electron chi connectivity index (χ4n) is 4.52. The van der Waals surface area contributed by atoms with Gasteiger partial charge >= 0.3 is 6.01 Å². The molecule has 0 saturated heterocycles. The van der Waals surface area contributed by atoms with Crippen LogP contribution < -0.4 is 25.8 Å². The van der Waals surface area contributed by atoms with Crippen molar-refractivity contribution in [2.24, 2.45) is 5.73 Å². The minimum atomic E-state index is -0.661. The zero-order valence-electron chi connectivity index (χ0n) is 22.8. The molecule has 0 bridgehead atoms. The van der Waals surface area contributed by atoms with Crippen LogP contribution in [0.15, 0.2) is 73.1 Å². The molecular formula is C29H23FN10O3. The van der Waals surface area contributed by atoms with Gasteiger partial charge in [0.1, 0.15) is 5.82 Å². The molecule has 0 atom stereocenters. The van der Waals surface area contributed by atoms with E-state index in [1.165, 1.54) is 32.5 Å². The molecule has 0 spiro atoms. The van der Waals surface area contributed by atoms with Gasteiger partial charge in [-0.3, -0.25) is 9.78 Å². The molecule has 0 unspecified atom stereocenters. The van der Waals surface area contributed by atoms with E-state index in [2.05, 4.69) is 46.2 Å². The van der Waals surface area contributed by atoms with E-state index < -0.39 is 5.91 Å². The van der Waals surface area contributed by atoms with Crippen molar-refractivity contribution in [3.05, 3.63) is 84.4 Å². The van der Waals surface area contributed by atoms with E-state index >= 15 is 0 Å². The number of aromatic amines is 1. The Balaban J connectivity index is 1.44. The first-order valence-corrected chi connectivity index (χ1v) is 12.8. The summed E-state index contributed by atoms with van der Waals surface area (Å²) in [7, 11) is 2.98. The van der Waals surface area contributed by atoms with Crippen LogP contribution in [0.1, 0.15) is 10.4 Å². The van der Waals surface area contributed by atoms with E-state index in [-0.39, 0.29) is 17.4 Å². The van der Waals surface area contributed by atoms with Crippen LogP contribution in [-0.4, -0.2) is 55.7 Å². The normalized spacial score (nSPS) is 10.9. The number of halogens is 1. The summed E-state index contributed by atoms with van der Waals surface area (Å²) in [5.41, 5.74) is 10.9. The van der Waals surface area contributed by atoms with Crippen LogP contribution in [0.4, 0.5) is 27.1 Å². The Hall–Kier alpha value is -6.18. The maximum Gasteiger partial charge on any atom is 0.319 e. The number of nitrogens with two attached hydrogens (primary N) is 1. The van der Waals surface area contributed by atoms with Gasteiger partial charge < -0.3 is 25.8 Å². The highest BCUT2D eigenvalue weighted by Crippen LogP contribution is 2.36. The number of rotatable bonds is 9. The van der Waals surface area contributed by atoms with E-state index in [4.69, 9.17) is 15.2 Å². The predicted octanol–water partition coefficient (Wildman–Crippen LogP) is 4.61. The number of hydrogen-bond donors (Lipinski definition) is 4. The highest BCUT2D eigenvalue weighted by Gasteiger charge is 2.17. The van der Waals surface area contributed by atoms with Gasteiger partial charge in [0, 0.05) is 40.4 Å². The molecule has 5 N–H and O–H groups in total. The Morgan fingerprint density at radius 3 is 2.37 bits per heavy atom. The Bertz CT molecular complexity index is 1950. The van der Waals surface area contributed by atoms with Gasteiger partial charge in [-0.1, -0.05) is 12.1 Å². The lowest BCUT2D eigenvalue weighted by molar-refractivity contribution is 0.100. The number of nitrogens with one attached hydrogen (secondary N) is 3. The number of carbonyl (C=O) groups excluding carboxylic acids is 1. The van der Waals surface area contributed by atoms with Crippen molar-refractivity contribution in [1.29, 1.82) is 0 Å². The van der Waals surface area contributed by atoms with Crippen molar-refractivity contribution in [3.8, 4) is 34.4 Å². The van der Waals surface area contributed by atoms with Crippen LogP contribution in [0.5, 0.6) is 11.9 Å². The van der Waals surface area contributed by atoms with Crippen LogP contribution >= 0.6 is 0 Å². The molecule has 0 fully saturated rings. The molecule has 0 radical (unpaired) electrons. The molecule has 1 amide bonds. The van der Waals surface area contributed by atoms with Gasteiger partial charge in [0.15, 0.2) is 5.82 Å². The van der Waals surface area contributed by atoms with E-state index in [9.17, 15) is 9.18 Å². The first-order valence-electron chi connectivity index (χ1n) is 12.8. The summed E-state index contributed by atoms with van der Waals surface area (Å²) in [4.78, 5) is 25.5. The van der Waals surface area contributed by atoms with Crippen LogP contribution in [0.2, 0.25) is 0 Å². The summed E-state index contributed by atoms with van der Waals surface area (Å²) in [5.74, 6) is -0.260. The molecule has 3 aromatic heterocycles. The first-order chi connectivity index (χ1) is 20.9. The van der Waals surface area contributed by atoms with Crippen LogP contribution in [0, 0.1) is 5.82 Å². The molecule has 6 rings (SSSR count). The number of primary amides is 1. The molecule has 0 aliphatic rings. The molecule has 214 valence electrons. The summed E-state index contributed by atoms with van der Waals surface area (Å²) in [5, 5.41) is 21.3. The number of ether oxygens (including phenoxy) is 2. The zero-order valence-corrected chi connectivity index (χ0v) is 22.8. The van der Waals surface area contributed by atoms with Crippen molar-refractivity contribution in [2.75, 3.05) is 24.9 Å². The summed E-state index contributed by atoms with van der Waals surface area (Å²) < 4.78 is 24.0. The van der Waals surface area contributed by atoms with Crippen molar-refractivity contribution < 1.29 is 18.7 Å². The molecule has 43 heavy (non-hydrogen) atoms. The van der Waals surface area contributed by atoms with Crippen LogP contribution in [0.25, 0.3) is 33.4 Å². The number of fused-ring (bicyclic) bond motifs is 1. The van der Waals surface area contributed by atoms with E-state index in [1.54, 1.807) is 18.3 Å². The number of nitrogens with zero attached hydrogens (tertiary/aromatic N) is 6. The Kier molecular flexibility index (Phi) is 7.14. The van der Waals surface area contributed by atoms with Crippen LogP contribution in [-0.2, 0) is 0 Å². The van der Waals surface area contributed by atoms with Crippen molar-refractivity contribution in [3.63, 3.8) is 0 Å². The number of anilines is 4. The number of pyridine rings is 1. The number of H-pyrrole nitrogens is 1. The van der Waals surface area contributed by atoms with Crippen molar-refractivity contribution in [2.45, 2.75) is 0 Å². The maximum absolute atomic E-state index is 13.5. The largest absolute Gasteiger partial charge is 0.480 e. The third-order valence-corrected chi connectivity index (χ3v) is 6.51. The monoisotopic (exact) mass is 578 g/mol. The number of amides is 1. The average molecular weight is 579 g/mol. The van der Waals surface area contributed by atoms with Gasteiger partial charge in [0.2, 0.25) is 5.88 Å². The fraction of sp³-hybridized carbons (Fsp3) is 0.0690. The molecule has 14 heteroatoms. The Morgan fingerprint density at radius 2 is 1.67 bits per heavy atom. The third kappa shape index (κ3) is 5.56. The fourth-order valence-corrected chi connectivity index (χ4v) is 4.52. The van der Waals surface area contributed by atoms with E-state index in [1.807, 2.05) is 36.4 Å². The topological polar surface area (TPSA) is 179 Å². The Labute approximate surface area is 243 Å². The number of aromatic nitrogens is 7. The SMILES string of the molecule is COc1ncc(-c2ccc3c(Nc4cc(Nc5ccc(F)cc5)cc(-c5nnn[nH]5)c4)c(C(N)=O)cnc3c2)c(OC)n1. The number of carbonyl (C=O) groups is 1.